The maximum Gasteiger partial charge on any atom is 0.271 e. The zero-order chi connectivity index (χ0) is 23.0. The zero-order valence-electron chi connectivity index (χ0n) is 17.9. The summed E-state index contributed by atoms with van der Waals surface area (Å²) in [6.45, 7) is 4.63. The Balaban J connectivity index is 1.51. The Labute approximate surface area is 197 Å². The molecule has 1 atom stereocenters. The third-order valence-corrected chi connectivity index (χ3v) is 8.33. The molecule has 0 fully saturated rings. The van der Waals surface area contributed by atoms with Crippen molar-refractivity contribution in [1.82, 2.24) is 0 Å². The van der Waals surface area contributed by atoms with Crippen molar-refractivity contribution in [1.29, 1.82) is 0 Å². The Morgan fingerprint density at radius 3 is 2.38 bits per heavy atom. The molecule has 170 valence electrons. The normalized spacial score (nSPS) is 12.2. The van der Waals surface area contributed by atoms with E-state index in [4.69, 9.17) is 4.74 Å². The molecular formula is C23H26N2O4S3. The Hall–Kier alpha value is -2.49. The fraction of sp³-hybridized carbons (Fsp3) is 0.261. The molecule has 32 heavy (non-hydrogen) atoms. The van der Waals surface area contributed by atoms with Gasteiger partial charge in [-0.25, -0.2) is 8.42 Å². The molecule has 9 heteroatoms. The van der Waals surface area contributed by atoms with E-state index in [1.54, 1.807) is 41.8 Å². The zero-order valence-corrected chi connectivity index (χ0v) is 20.4. The molecule has 3 aromatic rings. The highest BCUT2D eigenvalue weighted by Gasteiger charge is 2.17. The van der Waals surface area contributed by atoms with Crippen LogP contribution in [0, 0.1) is 0 Å². The fourth-order valence-electron chi connectivity index (χ4n) is 2.69. The van der Waals surface area contributed by atoms with E-state index < -0.39 is 10.0 Å². The van der Waals surface area contributed by atoms with Gasteiger partial charge in [0.05, 0.1) is 11.9 Å². The van der Waals surface area contributed by atoms with Gasteiger partial charge in [-0.2, -0.15) is 0 Å². The van der Waals surface area contributed by atoms with E-state index in [2.05, 4.69) is 17.0 Å². The van der Waals surface area contributed by atoms with E-state index in [1.165, 1.54) is 11.8 Å². The average Bonchev–Trinajstić information content (AvgIpc) is 3.32. The number of unbranched alkanes of at least 4 members (excludes halogenated alkanes) is 1. The second-order valence-corrected chi connectivity index (χ2v) is 11.3. The number of carbonyl (C=O) groups is 1. The highest BCUT2D eigenvalue weighted by atomic mass is 32.2. The third-order valence-electron chi connectivity index (χ3n) is 4.44. The molecule has 0 saturated carbocycles. The summed E-state index contributed by atoms with van der Waals surface area (Å²) in [5.74, 6) is 0.672. The number of sulfonamides is 1. The van der Waals surface area contributed by atoms with Crippen LogP contribution in [0.3, 0.4) is 0 Å². The summed E-state index contributed by atoms with van der Waals surface area (Å²) in [4.78, 5) is 13.4. The van der Waals surface area contributed by atoms with Gasteiger partial charge in [-0.05, 0) is 73.3 Å². The van der Waals surface area contributed by atoms with E-state index >= 15 is 0 Å². The Morgan fingerprint density at radius 1 is 1.06 bits per heavy atom. The molecular weight excluding hydrogens is 464 g/mol. The molecule has 0 aliphatic carbocycles. The number of thioether (sulfide) groups is 1. The molecule has 0 bridgehead atoms. The van der Waals surface area contributed by atoms with Gasteiger partial charge in [0.15, 0.2) is 0 Å². The lowest BCUT2D eigenvalue weighted by Gasteiger charge is -2.13. The van der Waals surface area contributed by atoms with Crippen LogP contribution in [0.5, 0.6) is 5.75 Å². The number of thiophene rings is 1. The lowest BCUT2D eigenvalue weighted by Crippen LogP contribution is -2.22. The molecule has 1 aromatic heterocycles. The van der Waals surface area contributed by atoms with E-state index in [1.807, 2.05) is 31.2 Å². The maximum atomic E-state index is 12.5. The van der Waals surface area contributed by atoms with Crippen molar-refractivity contribution in [2.24, 2.45) is 0 Å². The summed E-state index contributed by atoms with van der Waals surface area (Å²) in [5, 5.41) is 4.30. The molecule has 1 heterocycles. The van der Waals surface area contributed by atoms with Crippen LogP contribution in [0.2, 0.25) is 0 Å². The summed E-state index contributed by atoms with van der Waals surface area (Å²) in [5.41, 5.74) is 1.18. The van der Waals surface area contributed by atoms with Crippen LogP contribution in [-0.4, -0.2) is 26.2 Å². The highest BCUT2D eigenvalue weighted by Crippen LogP contribution is 2.27. The largest absolute Gasteiger partial charge is 0.494 e. The Morgan fingerprint density at radius 2 is 1.75 bits per heavy atom. The first-order chi connectivity index (χ1) is 15.4. The summed E-state index contributed by atoms with van der Waals surface area (Å²) in [6.07, 6.45) is 2.09. The van der Waals surface area contributed by atoms with Crippen molar-refractivity contribution in [3.63, 3.8) is 0 Å². The number of nitrogens with one attached hydrogen (secondary N) is 2. The van der Waals surface area contributed by atoms with Gasteiger partial charge >= 0.3 is 0 Å². The minimum absolute atomic E-state index is 0.114. The van der Waals surface area contributed by atoms with Crippen LogP contribution in [0.15, 0.2) is 75.1 Å². The number of amides is 1. The molecule has 3 rings (SSSR count). The van der Waals surface area contributed by atoms with E-state index in [9.17, 15) is 13.2 Å². The molecule has 0 spiro atoms. The van der Waals surface area contributed by atoms with E-state index in [0.717, 1.165) is 34.8 Å². The van der Waals surface area contributed by atoms with Gasteiger partial charge in [0.25, 0.3) is 10.0 Å². The van der Waals surface area contributed by atoms with Gasteiger partial charge < -0.3 is 10.1 Å². The molecule has 0 aliphatic heterocycles. The minimum atomic E-state index is -3.58. The van der Waals surface area contributed by atoms with Gasteiger partial charge in [0.2, 0.25) is 5.91 Å². The van der Waals surface area contributed by atoms with Crippen molar-refractivity contribution in [3.8, 4) is 5.75 Å². The van der Waals surface area contributed by atoms with E-state index in [-0.39, 0.29) is 15.4 Å². The number of anilines is 2. The standard InChI is InChI=1S/C23H26N2O4S3/c1-3-4-15-29-20-11-7-18(8-12-20)24-23(26)17(2)31-21-13-9-19(10-14-21)25-32(27,28)22-6-5-16-30-22/h5-14,16-17,25H,3-4,15H2,1-2H3,(H,24,26). The summed E-state index contributed by atoms with van der Waals surface area (Å²) in [6, 6.07) is 17.6. The quantitative estimate of drug-likeness (QED) is 0.260. The molecule has 6 nitrogen and oxygen atoms in total. The fourth-order valence-corrected chi connectivity index (χ4v) is 5.61. The molecule has 0 saturated heterocycles. The van der Waals surface area contributed by atoms with Gasteiger partial charge in [-0.1, -0.05) is 19.4 Å². The number of hydrogen-bond donors (Lipinski definition) is 2. The van der Waals surface area contributed by atoms with Crippen LogP contribution in [-0.2, 0) is 14.8 Å². The van der Waals surface area contributed by atoms with Gasteiger partial charge in [-0.15, -0.1) is 23.1 Å². The van der Waals surface area contributed by atoms with Gasteiger partial charge in [0, 0.05) is 16.3 Å². The topological polar surface area (TPSA) is 84.5 Å². The smallest absolute Gasteiger partial charge is 0.271 e. The predicted octanol–water partition coefficient (Wildman–Crippen LogP) is 5.85. The molecule has 0 radical (unpaired) electrons. The highest BCUT2D eigenvalue weighted by molar-refractivity contribution is 8.00. The number of hydrogen-bond acceptors (Lipinski definition) is 6. The lowest BCUT2D eigenvalue weighted by atomic mass is 10.3. The van der Waals surface area contributed by atoms with Crippen molar-refractivity contribution in [2.45, 2.75) is 41.0 Å². The van der Waals surface area contributed by atoms with Gasteiger partial charge in [-0.3, -0.25) is 9.52 Å². The van der Waals surface area contributed by atoms with Gasteiger partial charge in [0.1, 0.15) is 9.96 Å². The predicted molar refractivity (Wildman–Crippen MR) is 132 cm³/mol. The van der Waals surface area contributed by atoms with E-state index in [0.29, 0.717) is 18.0 Å². The third kappa shape index (κ3) is 7.01. The lowest BCUT2D eigenvalue weighted by molar-refractivity contribution is -0.115. The van der Waals surface area contributed by atoms with Crippen LogP contribution >= 0.6 is 23.1 Å². The number of rotatable bonds is 11. The molecule has 1 unspecified atom stereocenters. The van der Waals surface area contributed by atoms with Crippen LogP contribution in [0.4, 0.5) is 11.4 Å². The number of carbonyl (C=O) groups excluding carboxylic acids is 1. The number of ether oxygens (including phenoxy) is 1. The minimum Gasteiger partial charge on any atom is -0.494 e. The van der Waals surface area contributed by atoms with Crippen LogP contribution in [0.1, 0.15) is 26.7 Å². The van der Waals surface area contributed by atoms with Crippen LogP contribution in [0.25, 0.3) is 0 Å². The number of benzene rings is 2. The Kier molecular flexibility index (Phi) is 8.60. The maximum absolute atomic E-state index is 12.5. The first-order valence-corrected chi connectivity index (χ1v) is 13.5. The summed E-state index contributed by atoms with van der Waals surface area (Å²) >= 11 is 2.56. The molecule has 2 N–H and O–H groups in total. The average molecular weight is 491 g/mol. The molecule has 0 aliphatic rings. The monoisotopic (exact) mass is 490 g/mol. The Bertz CT molecular complexity index is 1100. The second-order valence-electron chi connectivity index (χ2n) is 7.04. The first-order valence-electron chi connectivity index (χ1n) is 10.2. The molecule has 1 amide bonds. The van der Waals surface area contributed by atoms with Crippen molar-refractivity contribution in [2.75, 3.05) is 16.6 Å². The first kappa shape index (κ1) is 24.2. The SMILES string of the molecule is CCCCOc1ccc(NC(=O)C(C)Sc2ccc(NS(=O)(=O)c3cccs3)cc2)cc1. The van der Waals surface area contributed by atoms with Crippen LogP contribution < -0.4 is 14.8 Å². The summed E-state index contributed by atoms with van der Waals surface area (Å²) in [7, 11) is -3.58. The molecule has 2 aromatic carbocycles. The summed E-state index contributed by atoms with van der Waals surface area (Å²) < 4.78 is 33.1. The van der Waals surface area contributed by atoms with Crippen molar-refractivity contribution >= 4 is 50.4 Å². The van der Waals surface area contributed by atoms with Crippen molar-refractivity contribution in [3.05, 3.63) is 66.0 Å². The van der Waals surface area contributed by atoms with Crippen molar-refractivity contribution < 1.29 is 17.9 Å². The second kappa shape index (κ2) is 11.4.